The molecule has 0 aromatic rings. The first-order chi connectivity index (χ1) is 9.71. The number of carbonyl (C=O) groups excluding carboxylic acids is 2. The maximum Gasteiger partial charge on any atom is 0.410 e. The molecular weight excluding hydrogens is 272 g/mol. The second-order valence-corrected chi connectivity index (χ2v) is 6.50. The lowest BCUT2D eigenvalue weighted by atomic mass is 9.90. The summed E-state index contributed by atoms with van der Waals surface area (Å²) >= 11 is 0. The van der Waals surface area contributed by atoms with E-state index in [1.54, 1.807) is 11.9 Å². The van der Waals surface area contributed by atoms with Crippen LogP contribution in [0.1, 0.15) is 47.0 Å². The van der Waals surface area contributed by atoms with Crippen LogP contribution >= 0.6 is 0 Å². The fraction of sp³-hybridized carbons (Fsp3) is 0.867. The Bertz CT molecular complexity index is 378. The number of amides is 2. The van der Waals surface area contributed by atoms with Gasteiger partial charge in [-0.25, -0.2) is 4.79 Å². The third-order valence-corrected chi connectivity index (χ3v) is 3.62. The second-order valence-electron chi connectivity index (χ2n) is 6.50. The smallest absolute Gasteiger partial charge is 0.410 e. The molecule has 1 heterocycles. The molecule has 0 aliphatic carbocycles. The van der Waals surface area contributed by atoms with E-state index in [2.05, 4.69) is 5.32 Å². The van der Waals surface area contributed by atoms with E-state index in [0.717, 1.165) is 19.3 Å². The molecule has 21 heavy (non-hydrogen) atoms. The van der Waals surface area contributed by atoms with E-state index >= 15 is 0 Å². The molecule has 2 amide bonds. The quantitative estimate of drug-likeness (QED) is 0.861. The molecule has 0 aromatic carbocycles. The molecule has 0 saturated carbocycles. The number of rotatable bonds is 4. The third-order valence-electron chi connectivity index (χ3n) is 3.62. The number of ether oxygens (including phenoxy) is 2. The van der Waals surface area contributed by atoms with Gasteiger partial charge in [-0.3, -0.25) is 4.79 Å². The molecule has 1 rings (SSSR count). The Morgan fingerprint density at radius 1 is 1.33 bits per heavy atom. The largest absolute Gasteiger partial charge is 0.444 e. The van der Waals surface area contributed by atoms with Gasteiger partial charge in [0.05, 0.1) is 12.1 Å². The van der Waals surface area contributed by atoms with Gasteiger partial charge in [0.1, 0.15) is 12.2 Å². The summed E-state index contributed by atoms with van der Waals surface area (Å²) in [7, 11) is 1.58. The van der Waals surface area contributed by atoms with Crippen LogP contribution in [0.2, 0.25) is 0 Å². The highest BCUT2D eigenvalue weighted by atomic mass is 16.6. The minimum Gasteiger partial charge on any atom is -0.444 e. The number of nitrogens with one attached hydrogen (secondary N) is 1. The van der Waals surface area contributed by atoms with Gasteiger partial charge in [-0.2, -0.15) is 0 Å². The Morgan fingerprint density at radius 3 is 2.52 bits per heavy atom. The molecule has 6 heteroatoms. The van der Waals surface area contributed by atoms with Crippen LogP contribution in [0.15, 0.2) is 0 Å². The first-order valence-electron chi connectivity index (χ1n) is 7.54. The van der Waals surface area contributed by atoms with Gasteiger partial charge in [0, 0.05) is 13.6 Å². The number of hydrogen-bond acceptors (Lipinski definition) is 4. The molecular formula is C15H28N2O4. The Hall–Kier alpha value is -1.30. The van der Waals surface area contributed by atoms with Gasteiger partial charge >= 0.3 is 6.09 Å². The summed E-state index contributed by atoms with van der Waals surface area (Å²) in [6.07, 6.45) is 2.13. The summed E-state index contributed by atoms with van der Waals surface area (Å²) < 4.78 is 11.2. The highest BCUT2D eigenvalue weighted by molar-refractivity contribution is 5.76. The van der Waals surface area contributed by atoms with E-state index in [1.165, 1.54) is 0 Å². The van der Waals surface area contributed by atoms with Crippen LogP contribution in [0.3, 0.4) is 0 Å². The molecule has 6 nitrogen and oxygen atoms in total. The third kappa shape index (κ3) is 5.53. The van der Waals surface area contributed by atoms with Crippen LogP contribution in [-0.4, -0.2) is 54.8 Å². The summed E-state index contributed by atoms with van der Waals surface area (Å²) in [5.41, 5.74) is -0.964. The van der Waals surface area contributed by atoms with Gasteiger partial charge in [-0.05, 0) is 40.0 Å². The lowest BCUT2D eigenvalue weighted by Crippen LogP contribution is -2.53. The van der Waals surface area contributed by atoms with Crippen LogP contribution < -0.4 is 5.32 Å². The van der Waals surface area contributed by atoms with E-state index in [0.29, 0.717) is 13.1 Å². The van der Waals surface area contributed by atoms with Crippen LogP contribution in [0.5, 0.6) is 0 Å². The minimum absolute atomic E-state index is 0.0203. The predicted octanol–water partition coefficient (Wildman–Crippen LogP) is 1.93. The normalized spacial score (nSPS) is 22.8. The molecule has 1 saturated heterocycles. The number of hydrogen-bond donors (Lipinski definition) is 1. The molecule has 122 valence electrons. The van der Waals surface area contributed by atoms with E-state index in [4.69, 9.17) is 9.47 Å². The summed E-state index contributed by atoms with van der Waals surface area (Å²) in [4.78, 5) is 25.2. The van der Waals surface area contributed by atoms with Crippen molar-refractivity contribution in [1.82, 2.24) is 10.2 Å². The molecule has 1 aliphatic heterocycles. The van der Waals surface area contributed by atoms with Gasteiger partial charge in [-0.15, -0.1) is 0 Å². The second kappa shape index (κ2) is 7.11. The highest BCUT2D eigenvalue weighted by Gasteiger charge is 2.38. The number of likely N-dealkylation sites (N-methyl/N-ethyl adjacent to an activating group) is 1. The first kappa shape index (κ1) is 17.8. The summed E-state index contributed by atoms with van der Waals surface area (Å²) in [6.45, 7) is 8.72. The van der Waals surface area contributed by atoms with Crippen LogP contribution in [0.4, 0.5) is 4.79 Å². The molecule has 0 spiro atoms. The van der Waals surface area contributed by atoms with Gasteiger partial charge in [-0.1, -0.05) is 6.92 Å². The zero-order chi connectivity index (χ0) is 16.1. The van der Waals surface area contributed by atoms with Crippen molar-refractivity contribution in [2.24, 2.45) is 0 Å². The zero-order valence-electron chi connectivity index (χ0n) is 13.8. The topological polar surface area (TPSA) is 67.9 Å². The van der Waals surface area contributed by atoms with E-state index in [9.17, 15) is 9.59 Å². The average Bonchev–Trinajstić information content (AvgIpc) is 2.43. The Balaban J connectivity index is 2.67. The van der Waals surface area contributed by atoms with Crippen molar-refractivity contribution in [2.75, 3.05) is 26.7 Å². The van der Waals surface area contributed by atoms with E-state index in [-0.39, 0.29) is 18.6 Å². The number of piperidine rings is 1. The standard InChI is InChI=1S/C15H28N2O4/c1-6-15(20-10-12(18)16-5)8-7-9-17(11-15)13(19)21-14(2,3)4/h6-11H2,1-5H3,(H,16,18). The maximum atomic E-state index is 12.2. The lowest BCUT2D eigenvalue weighted by Gasteiger charge is -2.42. The van der Waals surface area contributed by atoms with Crippen molar-refractivity contribution in [3.05, 3.63) is 0 Å². The van der Waals surface area contributed by atoms with Gasteiger partial charge in [0.2, 0.25) is 5.91 Å². The van der Waals surface area contributed by atoms with E-state index < -0.39 is 11.2 Å². The van der Waals surface area contributed by atoms with Crippen molar-refractivity contribution >= 4 is 12.0 Å². The van der Waals surface area contributed by atoms with Gasteiger partial charge in [0.25, 0.3) is 0 Å². The molecule has 1 unspecified atom stereocenters. The Morgan fingerprint density at radius 2 is 2.00 bits per heavy atom. The molecule has 1 aliphatic rings. The van der Waals surface area contributed by atoms with Crippen LogP contribution in [-0.2, 0) is 14.3 Å². The fourth-order valence-corrected chi connectivity index (χ4v) is 2.38. The van der Waals surface area contributed by atoms with Crippen molar-refractivity contribution < 1.29 is 19.1 Å². The Kier molecular flexibility index (Phi) is 6.01. The highest BCUT2D eigenvalue weighted by Crippen LogP contribution is 2.29. The van der Waals surface area contributed by atoms with Crippen molar-refractivity contribution in [3.8, 4) is 0 Å². The molecule has 1 atom stereocenters. The zero-order valence-corrected chi connectivity index (χ0v) is 13.8. The summed E-state index contributed by atoms with van der Waals surface area (Å²) in [5.74, 6) is -0.155. The molecule has 0 radical (unpaired) electrons. The number of likely N-dealkylation sites (tertiary alicyclic amines) is 1. The van der Waals surface area contributed by atoms with Crippen LogP contribution in [0, 0.1) is 0 Å². The average molecular weight is 300 g/mol. The lowest BCUT2D eigenvalue weighted by molar-refractivity contribution is -0.138. The minimum atomic E-state index is -0.508. The predicted molar refractivity (Wildman–Crippen MR) is 80.1 cm³/mol. The Labute approximate surface area is 127 Å². The molecule has 0 aromatic heterocycles. The maximum absolute atomic E-state index is 12.2. The SMILES string of the molecule is CCC1(OCC(=O)NC)CCCN(C(=O)OC(C)(C)C)C1. The molecule has 1 N–H and O–H groups in total. The van der Waals surface area contributed by atoms with Crippen molar-refractivity contribution in [2.45, 2.75) is 58.2 Å². The summed E-state index contributed by atoms with van der Waals surface area (Å²) in [5, 5.41) is 2.54. The van der Waals surface area contributed by atoms with E-state index in [1.807, 2.05) is 27.7 Å². The van der Waals surface area contributed by atoms with Crippen molar-refractivity contribution in [1.29, 1.82) is 0 Å². The van der Waals surface area contributed by atoms with Gasteiger partial charge in [0.15, 0.2) is 0 Å². The van der Waals surface area contributed by atoms with Crippen molar-refractivity contribution in [3.63, 3.8) is 0 Å². The monoisotopic (exact) mass is 300 g/mol. The fourth-order valence-electron chi connectivity index (χ4n) is 2.38. The number of nitrogens with zero attached hydrogens (tertiary/aromatic N) is 1. The molecule has 0 bridgehead atoms. The first-order valence-corrected chi connectivity index (χ1v) is 7.54. The number of carbonyl (C=O) groups is 2. The van der Waals surface area contributed by atoms with Gasteiger partial charge < -0.3 is 19.7 Å². The molecule has 1 fully saturated rings. The summed E-state index contributed by atoms with van der Waals surface area (Å²) in [6, 6.07) is 0. The van der Waals surface area contributed by atoms with Crippen LogP contribution in [0.25, 0.3) is 0 Å².